The highest BCUT2D eigenvalue weighted by Gasteiger charge is 1.98. The highest BCUT2D eigenvalue weighted by Crippen LogP contribution is 2.16. The highest BCUT2D eigenvalue weighted by atomic mass is 16.3. The van der Waals surface area contributed by atoms with Crippen molar-refractivity contribution >= 4 is 11.0 Å². The largest absolute Gasteiger partial charge is 0.464 e. The zero-order chi connectivity index (χ0) is 9.80. The molecule has 14 heavy (non-hydrogen) atoms. The first kappa shape index (κ1) is 9.28. The summed E-state index contributed by atoms with van der Waals surface area (Å²) in [5.41, 5.74) is 2.31. The summed E-state index contributed by atoms with van der Waals surface area (Å²) in [6.45, 7) is 4.18. The fourth-order valence-electron chi connectivity index (χ4n) is 1.56. The van der Waals surface area contributed by atoms with E-state index in [-0.39, 0.29) is 0 Å². The van der Waals surface area contributed by atoms with Gasteiger partial charge in [0, 0.05) is 5.39 Å². The second-order valence-corrected chi connectivity index (χ2v) is 3.40. The molecule has 0 radical (unpaired) electrons. The van der Waals surface area contributed by atoms with Gasteiger partial charge in [0.1, 0.15) is 5.58 Å². The third-order valence-electron chi connectivity index (χ3n) is 2.36. The molecule has 0 fully saturated rings. The Hall–Kier alpha value is -1.28. The molecule has 0 bridgehead atoms. The van der Waals surface area contributed by atoms with Gasteiger partial charge < -0.3 is 9.73 Å². The second-order valence-electron chi connectivity index (χ2n) is 3.40. The third kappa shape index (κ3) is 1.96. The van der Waals surface area contributed by atoms with Crippen molar-refractivity contribution < 1.29 is 4.42 Å². The normalized spacial score (nSPS) is 10.9. The Kier molecular flexibility index (Phi) is 2.84. The van der Waals surface area contributed by atoms with E-state index in [1.165, 1.54) is 10.9 Å². The van der Waals surface area contributed by atoms with Gasteiger partial charge in [0.2, 0.25) is 0 Å². The molecule has 0 saturated heterocycles. The summed E-state index contributed by atoms with van der Waals surface area (Å²) in [6.07, 6.45) is 2.79. The maximum absolute atomic E-state index is 5.34. The van der Waals surface area contributed by atoms with E-state index in [4.69, 9.17) is 4.42 Å². The van der Waals surface area contributed by atoms with Crippen LogP contribution in [0.2, 0.25) is 0 Å². The van der Waals surface area contributed by atoms with Crippen LogP contribution in [-0.2, 0) is 6.42 Å². The van der Waals surface area contributed by atoms with E-state index in [0.717, 1.165) is 25.1 Å². The maximum Gasteiger partial charge on any atom is 0.134 e. The average molecular weight is 189 g/mol. The fraction of sp³-hybridized carbons (Fsp3) is 0.333. The number of rotatable bonds is 4. The lowest BCUT2D eigenvalue weighted by atomic mass is 10.1. The smallest absolute Gasteiger partial charge is 0.134 e. The number of fused-ring (bicyclic) bond motifs is 1. The molecule has 0 aliphatic carbocycles. The predicted octanol–water partition coefficient (Wildman–Crippen LogP) is 2.58. The van der Waals surface area contributed by atoms with Gasteiger partial charge in [-0.05, 0) is 37.2 Å². The number of likely N-dealkylation sites (N-methyl/N-ethyl adjacent to an activating group) is 1. The van der Waals surface area contributed by atoms with Crippen molar-refractivity contribution in [3.8, 4) is 0 Å². The van der Waals surface area contributed by atoms with E-state index < -0.39 is 0 Å². The van der Waals surface area contributed by atoms with Crippen LogP contribution in [0.15, 0.2) is 34.9 Å². The van der Waals surface area contributed by atoms with Gasteiger partial charge in [-0.3, -0.25) is 0 Å². The zero-order valence-electron chi connectivity index (χ0n) is 8.42. The van der Waals surface area contributed by atoms with Gasteiger partial charge >= 0.3 is 0 Å². The molecule has 0 aliphatic heterocycles. The molecule has 1 aromatic heterocycles. The molecule has 2 heteroatoms. The topological polar surface area (TPSA) is 25.2 Å². The SMILES string of the molecule is CCNCCc1ccc2ccoc2c1. The Morgan fingerprint density at radius 3 is 3.07 bits per heavy atom. The lowest BCUT2D eigenvalue weighted by Gasteiger charge is -2.01. The number of furan rings is 1. The van der Waals surface area contributed by atoms with E-state index in [1.54, 1.807) is 6.26 Å². The van der Waals surface area contributed by atoms with Crippen molar-refractivity contribution in [3.63, 3.8) is 0 Å². The van der Waals surface area contributed by atoms with E-state index in [2.05, 4.69) is 30.4 Å². The molecule has 1 heterocycles. The quantitative estimate of drug-likeness (QED) is 0.748. The zero-order valence-corrected chi connectivity index (χ0v) is 8.42. The number of benzene rings is 1. The summed E-state index contributed by atoms with van der Waals surface area (Å²) in [5, 5.41) is 4.49. The average Bonchev–Trinajstić information content (AvgIpc) is 2.65. The van der Waals surface area contributed by atoms with Crippen LogP contribution in [0.5, 0.6) is 0 Å². The molecule has 0 aliphatic rings. The van der Waals surface area contributed by atoms with Gasteiger partial charge in [-0.15, -0.1) is 0 Å². The van der Waals surface area contributed by atoms with E-state index >= 15 is 0 Å². The summed E-state index contributed by atoms with van der Waals surface area (Å²) in [6, 6.07) is 8.38. The molecule has 1 aromatic carbocycles. The summed E-state index contributed by atoms with van der Waals surface area (Å²) in [5.74, 6) is 0. The van der Waals surface area contributed by atoms with Crippen molar-refractivity contribution in [1.29, 1.82) is 0 Å². The Balaban J connectivity index is 2.10. The minimum Gasteiger partial charge on any atom is -0.464 e. The van der Waals surface area contributed by atoms with Crippen molar-refractivity contribution in [2.45, 2.75) is 13.3 Å². The standard InChI is InChI=1S/C12H15NO/c1-2-13-7-5-10-3-4-11-6-8-14-12(11)9-10/h3-4,6,8-9,13H,2,5,7H2,1H3. The van der Waals surface area contributed by atoms with Gasteiger partial charge in [-0.2, -0.15) is 0 Å². The van der Waals surface area contributed by atoms with Crippen LogP contribution >= 0.6 is 0 Å². The van der Waals surface area contributed by atoms with Crippen molar-refractivity contribution in [3.05, 3.63) is 36.1 Å². The first-order valence-electron chi connectivity index (χ1n) is 5.07. The van der Waals surface area contributed by atoms with Gasteiger partial charge in [-0.1, -0.05) is 19.1 Å². The molecule has 1 N–H and O–H groups in total. The monoisotopic (exact) mass is 189 g/mol. The van der Waals surface area contributed by atoms with Crippen LogP contribution in [0.3, 0.4) is 0 Å². The van der Waals surface area contributed by atoms with Crippen molar-refractivity contribution in [2.75, 3.05) is 13.1 Å². The molecule has 0 saturated carbocycles. The van der Waals surface area contributed by atoms with E-state index in [9.17, 15) is 0 Å². The second kappa shape index (κ2) is 4.29. The lowest BCUT2D eigenvalue weighted by Crippen LogP contribution is -2.15. The summed E-state index contributed by atoms with van der Waals surface area (Å²) in [7, 11) is 0. The molecule has 0 amide bonds. The summed E-state index contributed by atoms with van der Waals surface area (Å²) >= 11 is 0. The molecule has 2 aromatic rings. The number of nitrogens with one attached hydrogen (secondary N) is 1. The first-order chi connectivity index (χ1) is 6.90. The third-order valence-corrected chi connectivity index (χ3v) is 2.36. The Morgan fingerprint density at radius 2 is 2.21 bits per heavy atom. The Labute approximate surface area is 83.9 Å². The molecule has 2 rings (SSSR count). The van der Waals surface area contributed by atoms with E-state index in [1.807, 2.05) is 6.07 Å². The maximum atomic E-state index is 5.34. The highest BCUT2D eigenvalue weighted by molar-refractivity contribution is 5.77. The summed E-state index contributed by atoms with van der Waals surface area (Å²) < 4.78 is 5.34. The van der Waals surface area contributed by atoms with Crippen LogP contribution < -0.4 is 5.32 Å². The van der Waals surface area contributed by atoms with Crippen molar-refractivity contribution in [2.24, 2.45) is 0 Å². The minimum atomic E-state index is 0.985. The van der Waals surface area contributed by atoms with Crippen LogP contribution in [0.25, 0.3) is 11.0 Å². The fourth-order valence-corrected chi connectivity index (χ4v) is 1.56. The molecular weight excluding hydrogens is 174 g/mol. The minimum absolute atomic E-state index is 0.985. The number of hydrogen-bond donors (Lipinski definition) is 1. The van der Waals surface area contributed by atoms with Crippen LogP contribution in [0, 0.1) is 0 Å². The van der Waals surface area contributed by atoms with Crippen LogP contribution in [-0.4, -0.2) is 13.1 Å². The van der Waals surface area contributed by atoms with Gasteiger partial charge in [-0.25, -0.2) is 0 Å². The van der Waals surface area contributed by atoms with Gasteiger partial charge in [0.05, 0.1) is 6.26 Å². The molecule has 0 unspecified atom stereocenters. The van der Waals surface area contributed by atoms with Crippen molar-refractivity contribution in [1.82, 2.24) is 5.32 Å². The summed E-state index contributed by atoms with van der Waals surface area (Å²) in [4.78, 5) is 0. The Morgan fingerprint density at radius 1 is 1.29 bits per heavy atom. The molecule has 74 valence electrons. The molecule has 0 spiro atoms. The first-order valence-corrected chi connectivity index (χ1v) is 5.07. The molecule has 2 nitrogen and oxygen atoms in total. The lowest BCUT2D eigenvalue weighted by molar-refractivity contribution is 0.615. The molecular formula is C12H15NO. The van der Waals surface area contributed by atoms with E-state index in [0.29, 0.717) is 0 Å². The van der Waals surface area contributed by atoms with Gasteiger partial charge in [0.25, 0.3) is 0 Å². The van der Waals surface area contributed by atoms with Crippen LogP contribution in [0.1, 0.15) is 12.5 Å². The number of hydrogen-bond acceptors (Lipinski definition) is 2. The predicted molar refractivity (Wildman–Crippen MR) is 58.5 cm³/mol. The van der Waals surface area contributed by atoms with Crippen LogP contribution in [0.4, 0.5) is 0 Å². The van der Waals surface area contributed by atoms with Gasteiger partial charge in [0.15, 0.2) is 0 Å². The molecule has 0 atom stereocenters. The Bertz CT molecular complexity index is 405.